The summed E-state index contributed by atoms with van der Waals surface area (Å²) in [5.41, 5.74) is 3.07. The van der Waals surface area contributed by atoms with Crippen LogP contribution in [0.4, 0.5) is 0 Å². The Labute approximate surface area is 110 Å². The Hall–Kier alpha value is -1.02. The minimum Gasteiger partial charge on any atom is -0.508 e. The fourth-order valence-electron chi connectivity index (χ4n) is 4.00. The Kier molecular flexibility index (Phi) is 2.67. The molecule has 1 N–H and O–H groups in total. The molecule has 1 heterocycles. The van der Waals surface area contributed by atoms with E-state index in [4.69, 9.17) is 0 Å². The van der Waals surface area contributed by atoms with Crippen LogP contribution in [0, 0.1) is 11.8 Å². The molecule has 18 heavy (non-hydrogen) atoms. The lowest BCUT2D eigenvalue weighted by Crippen LogP contribution is -2.41. The van der Waals surface area contributed by atoms with Gasteiger partial charge in [-0.25, -0.2) is 0 Å². The van der Waals surface area contributed by atoms with Crippen LogP contribution in [0.5, 0.6) is 5.75 Å². The highest BCUT2D eigenvalue weighted by atomic mass is 16.3. The average molecular weight is 245 g/mol. The number of benzene rings is 1. The standard InChI is InChI=1S/C16H23NO/c1-11-13-8-12-4-5-14(18)9-15(12)16(11,2)6-7-17(3)10-13/h4-5,9,11,13,18H,6-8,10H2,1-3H3. The van der Waals surface area contributed by atoms with Crippen molar-refractivity contribution in [3.63, 3.8) is 0 Å². The first-order chi connectivity index (χ1) is 8.50. The fourth-order valence-corrected chi connectivity index (χ4v) is 4.00. The summed E-state index contributed by atoms with van der Waals surface area (Å²) in [5, 5.41) is 9.80. The van der Waals surface area contributed by atoms with E-state index in [2.05, 4.69) is 31.9 Å². The average Bonchev–Trinajstić information content (AvgIpc) is 2.41. The first-order valence-corrected chi connectivity index (χ1v) is 7.01. The Morgan fingerprint density at radius 2 is 2.17 bits per heavy atom. The predicted octanol–water partition coefficient (Wildman–Crippen LogP) is 2.79. The van der Waals surface area contributed by atoms with Crippen LogP contribution in [0.25, 0.3) is 0 Å². The number of hydrogen-bond donors (Lipinski definition) is 1. The van der Waals surface area contributed by atoms with E-state index < -0.39 is 0 Å². The lowest BCUT2D eigenvalue weighted by atomic mass is 9.60. The van der Waals surface area contributed by atoms with Crippen LogP contribution in [0.1, 0.15) is 31.4 Å². The molecule has 1 aromatic carbocycles. The number of aromatic hydroxyl groups is 1. The molecule has 2 nitrogen and oxygen atoms in total. The normalized spacial score (nSPS) is 35.9. The van der Waals surface area contributed by atoms with Gasteiger partial charge in [0, 0.05) is 6.54 Å². The van der Waals surface area contributed by atoms with Gasteiger partial charge in [0.1, 0.15) is 5.75 Å². The van der Waals surface area contributed by atoms with Gasteiger partial charge in [0.15, 0.2) is 0 Å². The topological polar surface area (TPSA) is 23.5 Å². The zero-order valence-corrected chi connectivity index (χ0v) is 11.6. The summed E-state index contributed by atoms with van der Waals surface area (Å²) >= 11 is 0. The maximum Gasteiger partial charge on any atom is 0.115 e. The van der Waals surface area contributed by atoms with Crippen molar-refractivity contribution in [2.75, 3.05) is 20.1 Å². The third-order valence-corrected chi connectivity index (χ3v) is 5.46. The quantitative estimate of drug-likeness (QED) is 0.759. The molecule has 0 radical (unpaired) electrons. The molecular formula is C16H23NO. The van der Waals surface area contributed by atoms with E-state index in [0.29, 0.717) is 11.7 Å². The zero-order chi connectivity index (χ0) is 12.9. The molecule has 1 fully saturated rings. The molecule has 3 atom stereocenters. The number of phenols is 1. The molecule has 2 bridgehead atoms. The number of hydrogen-bond acceptors (Lipinski definition) is 2. The maximum absolute atomic E-state index is 9.80. The summed E-state index contributed by atoms with van der Waals surface area (Å²) in [4.78, 5) is 2.47. The maximum atomic E-state index is 9.80. The van der Waals surface area contributed by atoms with Gasteiger partial charge in [0.05, 0.1) is 0 Å². The van der Waals surface area contributed by atoms with Crippen molar-refractivity contribution in [2.24, 2.45) is 11.8 Å². The van der Waals surface area contributed by atoms with Crippen LogP contribution in [0.2, 0.25) is 0 Å². The van der Waals surface area contributed by atoms with Crippen LogP contribution in [0.3, 0.4) is 0 Å². The summed E-state index contributed by atoms with van der Waals surface area (Å²) in [5.74, 6) is 1.86. The van der Waals surface area contributed by atoms with Gasteiger partial charge in [0.2, 0.25) is 0 Å². The highest BCUT2D eigenvalue weighted by Gasteiger charge is 2.44. The van der Waals surface area contributed by atoms with E-state index in [-0.39, 0.29) is 5.41 Å². The molecule has 0 saturated carbocycles. The molecular weight excluding hydrogens is 222 g/mol. The van der Waals surface area contributed by atoms with Crippen molar-refractivity contribution in [3.05, 3.63) is 29.3 Å². The van der Waals surface area contributed by atoms with Gasteiger partial charge >= 0.3 is 0 Å². The third-order valence-electron chi connectivity index (χ3n) is 5.46. The first-order valence-electron chi connectivity index (χ1n) is 7.01. The molecule has 0 amide bonds. The molecule has 1 saturated heterocycles. The van der Waals surface area contributed by atoms with Crippen LogP contribution >= 0.6 is 0 Å². The molecule has 0 aromatic heterocycles. The second kappa shape index (κ2) is 3.99. The van der Waals surface area contributed by atoms with Crippen molar-refractivity contribution in [1.29, 1.82) is 0 Å². The number of phenolic OH excluding ortho intramolecular Hbond substituents is 1. The highest BCUT2D eigenvalue weighted by Crippen LogP contribution is 2.48. The third kappa shape index (κ3) is 1.66. The summed E-state index contributed by atoms with van der Waals surface area (Å²) in [7, 11) is 2.24. The summed E-state index contributed by atoms with van der Waals surface area (Å²) in [6, 6.07) is 5.98. The highest BCUT2D eigenvalue weighted by molar-refractivity contribution is 5.43. The van der Waals surface area contributed by atoms with Gasteiger partial charge < -0.3 is 10.0 Å². The van der Waals surface area contributed by atoms with Crippen molar-refractivity contribution in [1.82, 2.24) is 4.90 Å². The Bertz CT molecular complexity index is 470. The SMILES string of the molecule is CC1C2Cc3ccc(O)cc3C1(C)CCN(C)C2. The van der Waals surface area contributed by atoms with Crippen molar-refractivity contribution in [2.45, 2.75) is 32.1 Å². The summed E-state index contributed by atoms with van der Waals surface area (Å²) in [6.45, 7) is 7.15. The van der Waals surface area contributed by atoms with Crippen molar-refractivity contribution < 1.29 is 5.11 Å². The van der Waals surface area contributed by atoms with Crippen molar-refractivity contribution in [3.8, 4) is 5.75 Å². The molecule has 3 rings (SSSR count). The molecule has 1 aliphatic carbocycles. The minimum absolute atomic E-state index is 0.224. The van der Waals surface area contributed by atoms with Crippen LogP contribution < -0.4 is 0 Å². The van der Waals surface area contributed by atoms with E-state index in [0.717, 1.165) is 18.9 Å². The Morgan fingerprint density at radius 3 is 2.94 bits per heavy atom. The number of rotatable bonds is 0. The van der Waals surface area contributed by atoms with Crippen LogP contribution in [-0.4, -0.2) is 30.1 Å². The molecule has 3 unspecified atom stereocenters. The number of nitrogens with zero attached hydrogens (tertiary/aromatic N) is 1. The number of fused-ring (bicyclic) bond motifs is 4. The second-order valence-electron chi connectivity index (χ2n) is 6.52. The summed E-state index contributed by atoms with van der Waals surface area (Å²) < 4.78 is 0. The van der Waals surface area contributed by atoms with E-state index in [9.17, 15) is 5.11 Å². The Balaban J connectivity index is 2.13. The van der Waals surface area contributed by atoms with Crippen molar-refractivity contribution >= 4 is 0 Å². The largest absolute Gasteiger partial charge is 0.508 e. The molecule has 2 heteroatoms. The van der Waals surface area contributed by atoms with Gasteiger partial charge in [-0.2, -0.15) is 0 Å². The zero-order valence-electron chi connectivity index (χ0n) is 11.6. The van der Waals surface area contributed by atoms with Gasteiger partial charge in [-0.05, 0) is 66.9 Å². The van der Waals surface area contributed by atoms with E-state index in [1.165, 1.54) is 24.1 Å². The van der Waals surface area contributed by atoms with Crippen LogP contribution in [-0.2, 0) is 11.8 Å². The van der Waals surface area contributed by atoms with Crippen LogP contribution in [0.15, 0.2) is 18.2 Å². The van der Waals surface area contributed by atoms with E-state index >= 15 is 0 Å². The lowest BCUT2D eigenvalue weighted by molar-refractivity contribution is 0.197. The van der Waals surface area contributed by atoms with E-state index in [1.54, 1.807) is 0 Å². The first kappa shape index (κ1) is 12.0. The minimum atomic E-state index is 0.224. The lowest BCUT2D eigenvalue weighted by Gasteiger charge is -2.44. The van der Waals surface area contributed by atoms with E-state index in [1.807, 2.05) is 12.1 Å². The molecule has 98 valence electrons. The Morgan fingerprint density at radius 1 is 1.39 bits per heavy atom. The fraction of sp³-hybridized carbons (Fsp3) is 0.625. The van der Waals surface area contributed by atoms with Gasteiger partial charge in [-0.1, -0.05) is 19.9 Å². The van der Waals surface area contributed by atoms with Gasteiger partial charge in [0.25, 0.3) is 0 Å². The summed E-state index contributed by atoms with van der Waals surface area (Å²) in [6.07, 6.45) is 2.36. The number of likely N-dealkylation sites (tertiary alicyclic amines) is 1. The molecule has 1 aromatic rings. The molecule has 1 aliphatic heterocycles. The smallest absolute Gasteiger partial charge is 0.115 e. The second-order valence-corrected chi connectivity index (χ2v) is 6.52. The molecule has 2 aliphatic rings. The molecule has 0 spiro atoms. The monoisotopic (exact) mass is 245 g/mol. The predicted molar refractivity (Wildman–Crippen MR) is 73.9 cm³/mol. The van der Waals surface area contributed by atoms with Gasteiger partial charge in [-0.3, -0.25) is 0 Å². The van der Waals surface area contributed by atoms with Gasteiger partial charge in [-0.15, -0.1) is 0 Å².